The number of halogens is 2. The summed E-state index contributed by atoms with van der Waals surface area (Å²) in [7, 11) is 0. The topological polar surface area (TPSA) is 20.7 Å². The van der Waals surface area contributed by atoms with E-state index in [-0.39, 0.29) is 0 Å². The maximum Gasteiger partial charge on any atom is 0.178 e. The fraction of sp³-hybridized carbons (Fsp3) is 0.462. The SMILES string of the molecule is CC(C)C(C)Cn1c(=S)[nH]c2cc(Cl)c(Cl)cc21. The van der Waals surface area contributed by atoms with Crippen molar-refractivity contribution in [3.05, 3.63) is 26.9 Å². The van der Waals surface area contributed by atoms with E-state index in [9.17, 15) is 0 Å². The van der Waals surface area contributed by atoms with Gasteiger partial charge in [0.25, 0.3) is 0 Å². The first kappa shape index (κ1) is 13.9. The Hall–Kier alpha value is -0.510. The van der Waals surface area contributed by atoms with E-state index >= 15 is 0 Å². The lowest BCUT2D eigenvalue weighted by atomic mass is 9.98. The fourth-order valence-electron chi connectivity index (χ4n) is 1.83. The largest absolute Gasteiger partial charge is 0.331 e. The number of hydrogen-bond donors (Lipinski definition) is 1. The number of aromatic amines is 1. The van der Waals surface area contributed by atoms with Gasteiger partial charge in [0.15, 0.2) is 4.77 Å². The van der Waals surface area contributed by atoms with Gasteiger partial charge in [-0.1, -0.05) is 44.0 Å². The van der Waals surface area contributed by atoms with Crippen LogP contribution in [-0.4, -0.2) is 9.55 Å². The van der Waals surface area contributed by atoms with E-state index in [1.165, 1.54) is 0 Å². The van der Waals surface area contributed by atoms with E-state index in [2.05, 4.69) is 30.3 Å². The van der Waals surface area contributed by atoms with Crippen molar-refractivity contribution in [2.45, 2.75) is 27.3 Å². The number of fused-ring (bicyclic) bond motifs is 1. The Labute approximate surface area is 122 Å². The highest BCUT2D eigenvalue weighted by atomic mass is 35.5. The lowest BCUT2D eigenvalue weighted by Crippen LogP contribution is -2.13. The number of nitrogens with one attached hydrogen (secondary N) is 1. The fourth-order valence-corrected chi connectivity index (χ4v) is 2.44. The van der Waals surface area contributed by atoms with Gasteiger partial charge in [-0.3, -0.25) is 0 Å². The maximum absolute atomic E-state index is 6.07. The summed E-state index contributed by atoms with van der Waals surface area (Å²) in [5, 5.41) is 1.11. The molecule has 18 heavy (non-hydrogen) atoms. The van der Waals surface area contributed by atoms with Gasteiger partial charge in [0.05, 0.1) is 21.1 Å². The zero-order chi connectivity index (χ0) is 13.4. The first-order chi connectivity index (χ1) is 8.40. The molecule has 0 amide bonds. The van der Waals surface area contributed by atoms with E-state index < -0.39 is 0 Å². The average molecular weight is 303 g/mol. The number of aromatic nitrogens is 2. The third kappa shape index (κ3) is 2.58. The summed E-state index contributed by atoms with van der Waals surface area (Å²) >= 11 is 17.5. The van der Waals surface area contributed by atoms with Crippen LogP contribution in [0.5, 0.6) is 0 Å². The second-order valence-corrected chi connectivity index (χ2v) is 6.25. The Morgan fingerprint density at radius 2 is 1.83 bits per heavy atom. The molecule has 2 aromatic rings. The Morgan fingerprint density at radius 1 is 1.22 bits per heavy atom. The molecule has 1 N–H and O–H groups in total. The average Bonchev–Trinajstić information content (AvgIpc) is 2.56. The molecule has 2 nitrogen and oxygen atoms in total. The zero-order valence-electron chi connectivity index (χ0n) is 10.6. The molecule has 0 aliphatic heterocycles. The van der Waals surface area contributed by atoms with Crippen molar-refractivity contribution in [2.75, 3.05) is 0 Å². The van der Waals surface area contributed by atoms with E-state index in [4.69, 9.17) is 35.4 Å². The van der Waals surface area contributed by atoms with Gasteiger partial charge in [0.2, 0.25) is 0 Å². The Kier molecular flexibility index (Phi) is 4.05. The van der Waals surface area contributed by atoms with Crippen LogP contribution >= 0.6 is 35.4 Å². The van der Waals surface area contributed by atoms with Crippen molar-refractivity contribution in [1.29, 1.82) is 0 Å². The number of benzene rings is 1. The third-order valence-electron chi connectivity index (χ3n) is 3.42. The van der Waals surface area contributed by atoms with Gasteiger partial charge in [0, 0.05) is 6.54 Å². The molecule has 98 valence electrons. The molecule has 0 saturated carbocycles. The van der Waals surface area contributed by atoms with Crippen LogP contribution in [0.15, 0.2) is 12.1 Å². The molecule has 0 bridgehead atoms. The Bertz CT molecular complexity index is 628. The number of nitrogens with zero attached hydrogens (tertiary/aromatic N) is 1. The molecule has 1 unspecified atom stereocenters. The summed E-state index contributed by atoms with van der Waals surface area (Å²) in [4.78, 5) is 3.17. The molecule has 1 aromatic heterocycles. The standard InChI is InChI=1S/C13H16Cl2N2S/c1-7(2)8(3)6-17-12-5-10(15)9(14)4-11(12)16-13(17)18/h4-5,7-8H,6H2,1-3H3,(H,16,18). The number of imidazole rings is 1. The van der Waals surface area contributed by atoms with Crippen LogP contribution in [0, 0.1) is 16.6 Å². The lowest BCUT2D eigenvalue weighted by Gasteiger charge is -2.16. The Balaban J connectivity index is 2.53. The molecule has 1 aromatic carbocycles. The van der Waals surface area contributed by atoms with Crippen LogP contribution in [0.1, 0.15) is 20.8 Å². The molecule has 0 fully saturated rings. The maximum atomic E-state index is 6.07. The molecule has 2 rings (SSSR count). The van der Waals surface area contributed by atoms with Gasteiger partial charge in [-0.2, -0.15) is 0 Å². The quantitative estimate of drug-likeness (QED) is 0.763. The van der Waals surface area contributed by atoms with Crippen molar-refractivity contribution < 1.29 is 0 Å². The highest BCUT2D eigenvalue weighted by Crippen LogP contribution is 2.28. The van der Waals surface area contributed by atoms with Crippen molar-refractivity contribution in [1.82, 2.24) is 9.55 Å². The zero-order valence-corrected chi connectivity index (χ0v) is 13.0. The number of hydrogen-bond acceptors (Lipinski definition) is 1. The predicted octanol–water partition coefficient (Wildman–Crippen LogP) is 5.30. The van der Waals surface area contributed by atoms with E-state index in [1.54, 1.807) is 0 Å². The number of rotatable bonds is 3. The lowest BCUT2D eigenvalue weighted by molar-refractivity contribution is 0.367. The summed E-state index contributed by atoms with van der Waals surface area (Å²) in [5.41, 5.74) is 1.95. The highest BCUT2D eigenvalue weighted by molar-refractivity contribution is 7.71. The Morgan fingerprint density at radius 3 is 2.44 bits per heavy atom. The first-order valence-electron chi connectivity index (χ1n) is 5.97. The van der Waals surface area contributed by atoms with Gasteiger partial charge in [-0.15, -0.1) is 0 Å². The van der Waals surface area contributed by atoms with Crippen molar-refractivity contribution in [3.8, 4) is 0 Å². The summed E-state index contributed by atoms with van der Waals surface area (Å²) in [6.45, 7) is 7.54. The molecule has 0 spiro atoms. The third-order valence-corrected chi connectivity index (χ3v) is 4.47. The van der Waals surface area contributed by atoms with Gasteiger partial charge < -0.3 is 9.55 Å². The molecule has 0 radical (unpaired) electrons. The minimum absolute atomic E-state index is 0.546. The second kappa shape index (κ2) is 5.24. The monoisotopic (exact) mass is 302 g/mol. The number of H-pyrrole nitrogens is 1. The van der Waals surface area contributed by atoms with Gasteiger partial charge in [-0.25, -0.2) is 0 Å². The molecular weight excluding hydrogens is 287 g/mol. The van der Waals surface area contributed by atoms with E-state index in [1.807, 2.05) is 12.1 Å². The van der Waals surface area contributed by atoms with E-state index in [0.717, 1.165) is 22.3 Å². The molecular formula is C13H16Cl2N2S. The molecule has 5 heteroatoms. The molecule has 1 atom stereocenters. The first-order valence-corrected chi connectivity index (χ1v) is 7.14. The van der Waals surface area contributed by atoms with Crippen molar-refractivity contribution in [3.63, 3.8) is 0 Å². The minimum atomic E-state index is 0.546. The van der Waals surface area contributed by atoms with Gasteiger partial charge in [0.1, 0.15) is 0 Å². The second-order valence-electron chi connectivity index (χ2n) is 5.05. The summed E-state index contributed by atoms with van der Waals surface area (Å²) < 4.78 is 2.81. The molecule has 0 aliphatic carbocycles. The van der Waals surface area contributed by atoms with Crippen LogP contribution in [0.2, 0.25) is 10.0 Å². The molecule has 1 heterocycles. The minimum Gasteiger partial charge on any atom is -0.331 e. The smallest absolute Gasteiger partial charge is 0.178 e. The van der Waals surface area contributed by atoms with Gasteiger partial charge in [-0.05, 0) is 36.2 Å². The summed E-state index contributed by atoms with van der Waals surface area (Å²) in [5.74, 6) is 1.16. The van der Waals surface area contributed by atoms with Crippen molar-refractivity contribution in [2.24, 2.45) is 11.8 Å². The molecule has 0 saturated heterocycles. The highest BCUT2D eigenvalue weighted by Gasteiger charge is 2.13. The van der Waals surface area contributed by atoms with Crippen LogP contribution in [0.25, 0.3) is 11.0 Å². The summed E-state index contributed by atoms with van der Waals surface area (Å²) in [6.07, 6.45) is 0. The van der Waals surface area contributed by atoms with Crippen LogP contribution in [0.4, 0.5) is 0 Å². The predicted molar refractivity (Wildman–Crippen MR) is 81.1 cm³/mol. The van der Waals surface area contributed by atoms with Crippen LogP contribution < -0.4 is 0 Å². The van der Waals surface area contributed by atoms with Crippen molar-refractivity contribution >= 4 is 46.5 Å². The molecule has 0 aliphatic rings. The van der Waals surface area contributed by atoms with E-state index in [0.29, 0.717) is 21.9 Å². The normalized spacial score (nSPS) is 13.4. The summed E-state index contributed by atoms with van der Waals surface area (Å²) in [6, 6.07) is 3.70. The van der Waals surface area contributed by atoms with Gasteiger partial charge >= 0.3 is 0 Å². The van der Waals surface area contributed by atoms with Crippen LogP contribution in [-0.2, 0) is 6.54 Å². The van der Waals surface area contributed by atoms with Crippen LogP contribution in [0.3, 0.4) is 0 Å².